The van der Waals surface area contributed by atoms with Crippen LogP contribution in [0.25, 0.3) is 0 Å². The Morgan fingerprint density at radius 1 is 1.00 bits per heavy atom. The predicted octanol–water partition coefficient (Wildman–Crippen LogP) is 3.09. The fraction of sp³-hybridized carbons (Fsp3) is 0.526. The summed E-state index contributed by atoms with van der Waals surface area (Å²) in [5, 5.41) is 14.7. The van der Waals surface area contributed by atoms with E-state index in [4.69, 9.17) is 9.47 Å². The first-order chi connectivity index (χ1) is 12.3. The number of carboxylic acid groups (broad SMARTS) is 1. The van der Waals surface area contributed by atoms with E-state index in [0.29, 0.717) is 11.3 Å². The van der Waals surface area contributed by atoms with Crippen LogP contribution in [0.2, 0.25) is 0 Å². The normalized spacial score (nSPS) is 12.7. The van der Waals surface area contributed by atoms with E-state index in [1.54, 1.807) is 65.8 Å². The maximum absolute atomic E-state index is 12.0. The van der Waals surface area contributed by atoms with Gasteiger partial charge < -0.3 is 25.2 Å². The minimum Gasteiger partial charge on any atom is -0.479 e. The van der Waals surface area contributed by atoms with E-state index in [9.17, 15) is 19.5 Å². The van der Waals surface area contributed by atoms with Gasteiger partial charge in [-0.25, -0.2) is 9.59 Å². The van der Waals surface area contributed by atoms with Crippen LogP contribution in [0, 0.1) is 0 Å². The number of hydrogen-bond acceptors (Lipinski definition) is 6. The summed E-state index contributed by atoms with van der Waals surface area (Å²) in [7, 11) is 0. The van der Waals surface area contributed by atoms with Gasteiger partial charge in [-0.05, 0) is 47.6 Å². The van der Waals surface area contributed by atoms with Crippen LogP contribution >= 0.6 is 0 Å². The third-order valence-corrected chi connectivity index (χ3v) is 3.02. The molecule has 0 saturated heterocycles. The summed E-state index contributed by atoms with van der Waals surface area (Å²) >= 11 is 0. The van der Waals surface area contributed by atoms with Crippen molar-refractivity contribution in [2.45, 2.75) is 58.8 Å². The highest BCUT2D eigenvalue weighted by Gasteiger charge is 2.27. The second-order valence-electron chi connectivity index (χ2n) is 7.94. The first kappa shape index (κ1) is 22.3. The van der Waals surface area contributed by atoms with Crippen LogP contribution in [0.1, 0.15) is 53.1 Å². The van der Waals surface area contributed by atoms with Crippen molar-refractivity contribution in [2.24, 2.45) is 0 Å². The fourth-order valence-electron chi connectivity index (χ4n) is 2.15. The molecule has 0 aliphatic heterocycles. The minimum absolute atomic E-state index is 0.146. The Hall–Kier alpha value is -2.77. The molecule has 0 spiro atoms. The highest BCUT2D eigenvalue weighted by atomic mass is 16.6. The van der Waals surface area contributed by atoms with Gasteiger partial charge in [0.2, 0.25) is 0 Å². The number of amides is 1. The van der Waals surface area contributed by atoms with Crippen LogP contribution in [0.5, 0.6) is 0 Å². The molecule has 0 aromatic heterocycles. The second-order valence-corrected chi connectivity index (χ2v) is 7.94. The number of carbonyl (C=O) groups is 3. The van der Waals surface area contributed by atoms with Crippen LogP contribution in [-0.2, 0) is 19.1 Å². The summed E-state index contributed by atoms with van der Waals surface area (Å²) in [6.07, 6.45) is -0.850. The molecule has 8 heteroatoms. The van der Waals surface area contributed by atoms with Gasteiger partial charge in [-0.1, -0.05) is 18.2 Å². The van der Waals surface area contributed by atoms with E-state index >= 15 is 0 Å². The van der Waals surface area contributed by atoms with Gasteiger partial charge in [0, 0.05) is 11.3 Å². The highest BCUT2D eigenvalue weighted by Crippen LogP contribution is 2.24. The van der Waals surface area contributed by atoms with E-state index in [1.807, 2.05) is 0 Å². The van der Waals surface area contributed by atoms with E-state index < -0.39 is 35.3 Å². The number of carbonyl (C=O) groups excluding carboxylic acids is 2. The van der Waals surface area contributed by atoms with Gasteiger partial charge in [-0.2, -0.15) is 0 Å². The number of rotatable bonds is 6. The third kappa shape index (κ3) is 8.44. The smallest absolute Gasteiger partial charge is 0.408 e. The quantitative estimate of drug-likeness (QED) is 0.650. The summed E-state index contributed by atoms with van der Waals surface area (Å²) in [5.74, 6) is -1.74. The molecule has 0 fully saturated rings. The zero-order chi connectivity index (χ0) is 20.8. The first-order valence-corrected chi connectivity index (χ1v) is 8.55. The van der Waals surface area contributed by atoms with Crippen LogP contribution in [0.15, 0.2) is 24.3 Å². The summed E-state index contributed by atoms with van der Waals surface area (Å²) in [5.41, 5.74) is -0.701. The summed E-state index contributed by atoms with van der Waals surface area (Å²) in [6.45, 7) is 10.2. The number of benzene rings is 1. The Balaban J connectivity index is 2.94. The maximum Gasteiger partial charge on any atom is 0.408 e. The van der Waals surface area contributed by atoms with Crippen molar-refractivity contribution < 1.29 is 29.0 Å². The molecule has 1 aromatic rings. The van der Waals surface area contributed by atoms with Gasteiger partial charge in [0.15, 0.2) is 6.04 Å². The van der Waals surface area contributed by atoms with Gasteiger partial charge in [0.1, 0.15) is 17.7 Å². The van der Waals surface area contributed by atoms with Crippen molar-refractivity contribution >= 4 is 23.7 Å². The Labute approximate surface area is 159 Å². The molecule has 1 rings (SSSR count). The molecule has 1 amide bonds. The molecule has 0 aliphatic carbocycles. The lowest BCUT2D eigenvalue weighted by Crippen LogP contribution is -2.38. The third-order valence-electron chi connectivity index (χ3n) is 3.02. The number of esters is 1. The molecule has 0 unspecified atom stereocenters. The Bertz CT molecular complexity index is 688. The van der Waals surface area contributed by atoms with Gasteiger partial charge >= 0.3 is 18.0 Å². The molecule has 0 aliphatic rings. The highest BCUT2D eigenvalue weighted by molar-refractivity contribution is 5.84. The molecule has 27 heavy (non-hydrogen) atoms. The zero-order valence-electron chi connectivity index (χ0n) is 16.6. The largest absolute Gasteiger partial charge is 0.479 e. The number of ether oxygens (including phenoxy) is 2. The van der Waals surface area contributed by atoms with Crippen LogP contribution < -0.4 is 10.6 Å². The van der Waals surface area contributed by atoms with Crippen LogP contribution in [0.4, 0.5) is 10.5 Å². The van der Waals surface area contributed by atoms with Crippen molar-refractivity contribution in [3.63, 3.8) is 0 Å². The molecule has 1 aromatic carbocycles. The summed E-state index contributed by atoms with van der Waals surface area (Å²) in [6, 6.07) is 5.15. The Morgan fingerprint density at radius 2 is 1.56 bits per heavy atom. The van der Waals surface area contributed by atoms with Crippen LogP contribution in [-0.4, -0.2) is 40.9 Å². The number of anilines is 1. The predicted molar refractivity (Wildman–Crippen MR) is 101 cm³/mol. The number of alkyl carbamates (subject to hydrolysis) is 1. The maximum atomic E-state index is 12.0. The van der Waals surface area contributed by atoms with Gasteiger partial charge in [-0.15, -0.1) is 0 Å². The average molecular weight is 380 g/mol. The number of hydrogen-bond donors (Lipinski definition) is 3. The molecule has 8 nitrogen and oxygen atoms in total. The lowest BCUT2D eigenvalue weighted by Gasteiger charge is -2.23. The molecular formula is C19H28N2O6. The summed E-state index contributed by atoms with van der Waals surface area (Å²) in [4.78, 5) is 35.6. The zero-order valence-corrected chi connectivity index (χ0v) is 16.6. The van der Waals surface area contributed by atoms with Crippen molar-refractivity contribution in [1.29, 1.82) is 0 Å². The SMILES string of the molecule is CC(C)(C)OC(=O)CNc1ccccc1[C@@H](NC(=O)OC(C)(C)C)C(=O)O. The Kier molecular flexibility index (Phi) is 7.21. The fourth-order valence-corrected chi connectivity index (χ4v) is 2.15. The van der Waals surface area contributed by atoms with E-state index in [2.05, 4.69) is 10.6 Å². The van der Waals surface area contributed by atoms with Crippen LogP contribution in [0.3, 0.4) is 0 Å². The van der Waals surface area contributed by atoms with Gasteiger partial charge in [0.05, 0.1) is 0 Å². The molecular weight excluding hydrogens is 352 g/mol. The topological polar surface area (TPSA) is 114 Å². The van der Waals surface area contributed by atoms with Crippen molar-refractivity contribution in [2.75, 3.05) is 11.9 Å². The summed E-state index contributed by atoms with van der Waals surface area (Å²) < 4.78 is 10.3. The van der Waals surface area contributed by atoms with Crippen molar-refractivity contribution in [3.8, 4) is 0 Å². The minimum atomic E-state index is -1.35. The number of nitrogens with one attached hydrogen (secondary N) is 2. The number of aliphatic carboxylic acids is 1. The van der Waals surface area contributed by atoms with Gasteiger partial charge in [-0.3, -0.25) is 4.79 Å². The molecule has 0 heterocycles. The second kappa shape index (κ2) is 8.75. The molecule has 0 bridgehead atoms. The molecule has 0 radical (unpaired) electrons. The van der Waals surface area contributed by atoms with Gasteiger partial charge in [0.25, 0.3) is 0 Å². The molecule has 3 N–H and O–H groups in total. The molecule has 0 saturated carbocycles. The lowest BCUT2D eigenvalue weighted by atomic mass is 10.0. The average Bonchev–Trinajstić information content (AvgIpc) is 2.47. The standard InChI is InChI=1S/C19H28N2O6/c1-18(2,3)26-14(22)11-20-13-10-8-7-9-12(13)15(16(23)24)21-17(25)27-19(4,5)6/h7-10,15,20H,11H2,1-6H3,(H,21,25)(H,23,24)/t15-/m1/s1. The van der Waals surface area contributed by atoms with E-state index in [-0.39, 0.29) is 6.54 Å². The monoisotopic (exact) mass is 380 g/mol. The number of carboxylic acids is 1. The lowest BCUT2D eigenvalue weighted by molar-refractivity contribution is -0.152. The number of para-hydroxylation sites is 1. The molecule has 150 valence electrons. The van der Waals surface area contributed by atoms with Crippen molar-refractivity contribution in [3.05, 3.63) is 29.8 Å². The first-order valence-electron chi connectivity index (χ1n) is 8.55. The Morgan fingerprint density at radius 3 is 2.07 bits per heavy atom. The van der Waals surface area contributed by atoms with E-state index in [0.717, 1.165) is 0 Å². The van der Waals surface area contributed by atoms with Crippen molar-refractivity contribution in [1.82, 2.24) is 5.32 Å². The molecule has 1 atom stereocenters. The van der Waals surface area contributed by atoms with E-state index in [1.165, 1.54) is 0 Å².